The molecule has 6 heteroatoms. The number of carbonyl (C=O) groups is 1. The van der Waals surface area contributed by atoms with Gasteiger partial charge in [-0.3, -0.25) is 9.69 Å². The first-order valence-corrected chi connectivity index (χ1v) is 9.78. The highest BCUT2D eigenvalue weighted by Gasteiger charge is 2.25. The minimum atomic E-state index is 0.183. The Hall–Kier alpha value is -0.590. The molecule has 1 aromatic heterocycles. The lowest BCUT2D eigenvalue weighted by Crippen LogP contribution is -2.43. The summed E-state index contributed by atoms with van der Waals surface area (Å²) in [4.78, 5) is 19.1. The van der Waals surface area contributed by atoms with Crippen molar-refractivity contribution >= 4 is 29.0 Å². The van der Waals surface area contributed by atoms with E-state index in [1.54, 1.807) is 23.1 Å². The summed E-state index contributed by atoms with van der Waals surface area (Å²) in [5, 5.41) is 6.39. The Morgan fingerprint density at radius 3 is 2.86 bits per heavy atom. The van der Waals surface area contributed by atoms with Gasteiger partial charge in [0.2, 0.25) is 5.91 Å². The van der Waals surface area contributed by atoms with Crippen LogP contribution in [-0.4, -0.2) is 46.9 Å². The van der Waals surface area contributed by atoms with E-state index in [-0.39, 0.29) is 17.9 Å². The third-order valence-electron chi connectivity index (χ3n) is 3.82. The minimum Gasteiger partial charge on any atom is -0.353 e. The van der Waals surface area contributed by atoms with Gasteiger partial charge in [-0.25, -0.2) is 4.98 Å². The van der Waals surface area contributed by atoms with Gasteiger partial charge in [-0.1, -0.05) is 0 Å². The summed E-state index contributed by atoms with van der Waals surface area (Å²) in [6.45, 7) is 7.02. The van der Waals surface area contributed by atoms with Gasteiger partial charge in [0.25, 0.3) is 0 Å². The molecule has 2 heterocycles. The summed E-state index contributed by atoms with van der Waals surface area (Å²) in [5.41, 5.74) is 1.16. The van der Waals surface area contributed by atoms with Crippen LogP contribution >= 0.6 is 23.1 Å². The number of thioether (sulfide) groups is 1. The van der Waals surface area contributed by atoms with Gasteiger partial charge in [0, 0.05) is 29.6 Å². The number of nitrogens with one attached hydrogen (secondary N) is 1. The first-order valence-electron chi connectivity index (χ1n) is 7.51. The summed E-state index contributed by atoms with van der Waals surface area (Å²) in [6, 6.07) is 0.267. The molecule has 1 aliphatic heterocycles. The van der Waals surface area contributed by atoms with Gasteiger partial charge >= 0.3 is 0 Å². The van der Waals surface area contributed by atoms with Crippen molar-refractivity contribution in [2.45, 2.75) is 39.3 Å². The fraction of sp³-hybridized carbons (Fsp3) is 0.733. The molecule has 2 rings (SSSR count). The van der Waals surface area contributed by atoms with Crippen LogP contribution in [0.4, 0.5) is 0 Å². The Bertz CT molecular complexity index is 456. The van der Waals surface area contributed by atoms with Crippen molar-refractivity contribution in [2.24, 2.45) is 5.92 Å². The van der Waals surface area contributed by atoms with Crippen LogP contribution in [0.5, 0.6) is 0 Å². The first kappa shape index (κ1) is 16.8. The monoisotopic (exact) mass is 327 g/mol. The molecule has 1 atom stereocenters. The number of hydrogen-bond acceptors (Lipinski definition) is 5. The second-order valence-corrected chi connectivity index (χ2v) is 7.75. The normalized spacial score (nSPS) is 18.6. The van der Waals surface area contributed by atoms with E-state index in [0.717, 1.165) is 48.9 Å². The van der Waals surface area contributed by atoms with Crippen molar-refractivity contribution in [2.75, 3.05) is 25.1 Å². The maximum Gasteiger partial charge on any atom is 0.223 e. The molecule has 0 spiro atoms. The Labute approximate surface area is 135 Å². The van der Waals surface area contributed by atoms with Crippen LogP contribution < -0.4 is 5.32 Å². The maximum atomic E-state index is 12.2. The van der Waals surface area contributed by atoms with E-state index in [9.17, 15) is 4.79 Å². The number of piperidine rings is 1. The third kappa shape index (κ3) is 5.27. The highest BCUT2D eigenvalue weighted by molar-refractivity contribution is 7.98. The molecule has 0 aliphatic carbocycles. The lowest BCUT2D eigenvalue weighted by molar-refractivity contribution is -0.126. The Morgan fingerprint density at radius 1 is 1.57 bits per heavy atom. The molecular weight excluding hydrogens is 302 g/mol. The Morgan fingerprint density at radius 2 is 2.29 bits per heavy atom. The van der Waals surface area contributed by atoms with E-state index in [1.165, 1.54) is 0 Å². The van der Waals surface area contributed by atoms with E-state index in [0.29, 0.717) is 0 Å². The fourth-order valence-electron chi connectivity index (χ4n) is 2.72. The van der Waals surface area contributed by atoms with Gasteiger partial charge in [0.15, 0.2) is 0 Å². The number of carbonyl (C=O) groups excluding carboxylic acids is 1. The van der Waals surface area contributed by atoms with Crippen LogP contribution in [0.25, 0.3) is 0 Å². The summed E-state index contributed by atoms with van der Waals surface area (Å²) < 4.78 is 0. The second-order valence-electron chi connectivity index (χ2n) is 5.77. The molecule has 1 amide bonds. The molecule has 4 nitrogen and oxygen atoms in total. The average molecular weight is 328 g/mol. The van der Waals surface area contributed by atoms with Gasteiger partial charge in [-0.15, -0.1) is 11.3 Å². The number of likely N-dealkylation sites (tertiary alicyclic amines) is 1. The molecule has 1 fully saturated rings. The van der Waals surface area contributed by atoms with Gasteiger partial charge in [-0.2, -0.15) is 11.8 Å². The summed E-state index contributed by atoms with van der Waals surface area (Å²) in [7, 11) is 0. The first-order chi connectivity index (χ1) is 10.1. The van der Waals surface area contributed by atoms with E-state index in [1.807, 2.05) is 6.92 Å². The molecular formula is C15H25N3OS2. The lowest BCUT2D eigenvalue weighted by Gasteiger charge is -2.31. The number of thiazole rings is 1. The van der Waals surface area contributed by atoms with Crippen molar-refractivity contribution < 1.29 is 4.79 Å². The van der Waals surface area contributed by atoms with E-state index >= 15 is 0 Å². The number of amides is 1. The smallest absolute Gasteiger partial charge is 0.223 e. The van der Waals surface area contributed by atoms with Crippen LogP contribution in [-0.2, 0) is 11.3 Å². The number of hydrogen-bond donors (Lipinski definition) is 1. The minimum absolute atomic E-state index is 0.183. The molecule has 1 aliphatic rings. The predicted octanol–water partition coefficient (Wildman–Crippen LogP) is 2.53. The summed E-state index contributed by atoms with van der Waals surface area (Å²) in [5.74, 6) is 1.40. The molecule has 1 saturated heterocycles. The predicted molar refractivity (Wildman–Crippen MR) is 90.8 cm³/mol. The zero-order valence-electron chi connectivity index (χ0n) is 13.1. The molecule has 0 aromatic carbocycles. The SMILES string of the molecule is CSCC(C)NC(=O)C1CCN(Cc2csc(C)n2)CC1. The van der Waals surface area contributed by atoms with Crippen LogP contribution in [0.1, 0.15) is 30.5 Å². The van der Waals surface area contributed by atoms with E-state index in [4.69, 9.17) is 0 Å². The van der Waals surface area contributed by atoms with Crippen LogP contribution in [0.3, 0.4) is 0 Å². The summed E-state index contributed by atoms with van der Waals surface area (Å²) >= 11 is 3.48. The fourth-order valence-corrected chi connectivity index (χ4v) is 3.90. The second kappa shape index (κ2) is 8.15. The number of nitrogens with zero attached hydrogens (tertiary/aromatic N) is 2. The number of aromatic nitrogens is 1. The van der Waals surface area contributed by atoms with Gasteiger partial charge in [-0.05, 0) is 46.0 Å². The van der Waals surface area contributed by atoms with Crippen molar-refractivity contribution in [3.63, 3.8) is 0 Å². The number of aryl methyl sites for hydroxylation is 1. The van der Waals surface area contributed by atoms with Crippen LogP contribution in [0, 0.1) is 12.8 Å². The molecule has 21 heavy (non-hydrogen) atoms. The molecule has 0 bridgehead atoms. The van der Waals surface area contributed by atoms with Crippen molar-refractivity contribution in [1.29, 1.82) is 0 Å². The number of rotatable bonds is 6. The van der Waals surface area contributed by atoms with Gasteiger partial charge in [0.1, 0.15) is 0 Å². The standard InChI is InChI=1S/C15H25N3OS2/c1-11(9-20-3)16-15(19)13-4-6-18(7-5-13)8-14-10-21-12(2)17-14/h10-11,13H,4-9H2,1-3H3,(H,16,19). The van der Waals surface area contributed by atoms with Gasteiger partial charge < -0.3 is 5.32 Å². The van der Waals surface area contributed by atoms with Crippen molar-refractivity contribution in [1.82, 2.24) is 15.2 Å². The molecule has 1 unspecified atom stereocenters. The highest BCUT2D eigenvalue weighted by Crippen LogP contribution is 2.20. The van der Waals surface area contributed by atoms with Gasteiger partial charge in [0.05, 0.1) is 10.7 Å². The van der Waals surface area contributed by atoms with E-state index in [2.05, 4.69) is 33.8 Å². The Balaban J connectivity index is 1.73. The quantitative estimate of drug-likeness (QED) is 0.872. The largest absolute Gasteiger partial charge is 0.353 e. The van der Waals surface area contributed by atoms with Crippen molar-refractivity contribution in [3.05, 3.63) is 16.1 Å². The molecule has 118 valence electrons. The average Bonchev–Trinajstić information content (AvgIpc) is 2.85. The maximum absolute atomic E-state index is 12.2. The highest BCUT2D eigenvalue weighted by atomic mass is 32.2. The van der Waals surface area contributed by atoms with Crippen molar-refractivity contribution in [3.8, 4) is 0 Å². The van der Waals surface area contributed by atoms with Crippen LogP contribution in [0.2, 0.25) is 0 Å². The molecule has 0 saturated carbocycles. The molecule has 1 N–H and O–H groups in total. The zero-order valence-corrected chi connectivity index (χ0v) is 14.7. The third-order valence-corrected chi connectivity index (χ3v) is 5.47. The molecule has 1 aromatic rings. The van der Waals surface area contributed by atoms with Crippen LogP contribution in [0.15, 0.2) is 5.38 Å². The molecule has 0 radical (unpaired) electrons. The van der Waals surface area contributed by atoms with E-state index < -0.39 is 0 Å². The lowest BCUT2D eigenvalue weighted by atomic mass is 9.95. The summed E-state index contributed by atoms with van der Waals surface area (Å²) in [6.07, 6.45) is 3.99. The topological polar surface area (TPSA) is 45.2 Å². The Kier molecular flexibility index (Phi) is 6.51. The zero-order chi connectivity index (χ0) is 15.2.